The van der Waals surface area contributed by atoms with E-state index in [9.17, 15) is 8.78 Å². The van der Waals surface area contributed by atoms with Crippen molar-refractivity contribution in [1.82, 2.24) is 4.90 Å². The topological polar surface area (TPSA) is 29.3 Å². The Balaban J connectivity index is 2.02. The Morgan fingerprint density at radius 3 is 2.83 bits per heavy atom. The predicted octanol–water partition coefficient (Wildman–Crippen LogP) is 0.817. The van der Waals surface area contributed by atoms with Crippen LogP contribution in [0.15, 0.2) is 0 Å². The number of piperidine rings is 1. The van der Waals surface area contributed by atoms with Crippen molar-refractivity contribution >= 4 is 0 Å². The van der Waals surface area contributed by atoms with Gasteiger partial charge in [0, 0.05) is 25.0 Å². The summed E-state index contributed by atoms with van der Waals surface area (Å²) in [7, 11) is 0. The first-order valence-electron chi connectivity index (χ1n) is 4.44. The molecule has 2 aliphatic heterocycles. The van der Waals surface area contributed by atoms with Crippen LogP contribution in [-0.2, 0) is 0 Å². The molecule has 2 N–H and O–H groups in total. The number of fused-ring (bicyclic) bond motifs is 1. The zero-order valence-electron chi connectivity index (χ0n) is 6.97. The standard InChI is InChI=1S/C8H14F2N2/c9-8(10)3-7-2-1-6(11)4-12(7)5-8/h6-7H,1-5,11H2. The van der Waals surface area contributed by atoms with Crippen LogP contribution in [0, 0.1) is 0 Å². The van der Waals surface area contributed by atoms with E-state index in [2.05, 4.69) is 0 Å². The maximum atomic E-state index is 12.9. The first-order valence-corrected chi connectivity index (χ1v) is 4.44. The van der Waals surface area contributed by atoms with Gasteiger partial charge in [0.05, 0.1) is 6.54 Å². The smallest absolute Gasteiger partial charge is 0.262 e. The van der Waals surface area contributed by atoms with Gasteiger partial charge >= 0.3 is 0 Å². The predicted molar refractivity (Wildman–Crippen MR) is 42.1 cm³/mol. The number of rotatable bonds is 0. The summed E-state index contributed by atoms with van der Waals surface area (Å²) >= 11 is 0. The van der Waals surface area contributed by atoms with Crippen molar-refractivity contribution in [2.45, 2.75) is 37.3 Å². The average molecular weight is 176 g/mol. The normalized spacial score (nSPS) is 41.2. The molecular weight excluding hydrogens is 162 g/mol. The zero-order chi connectivity index (χ0) is 8.77. The summed E-state index contributed by atoms with van der Waals surface area (Å²) in [6, 6.07) is 0.204. The van der Waals surface area contributed by atoms with Crippen molar-refractivity contribution in [3.8, 4) is 0 Å². The SMILES string of the molecule is NC1CCC2CC(F)(F)CN2C1. The van der Waals surface area contributed by atoms with Gasteiger partial charge in [0.2, 0.25) is 0 Å². The molecule has 4 heteroatoms. The number of hydrogen-bond donors (Lipinski definition) is 1. The van der Waals surface area contributed by atoms with Crippen LogP contribution in [0.2, 0.25) is 0 Å². The van der Waals surface area contributed by atoms with Gasteiger partial charge in [-0.2, -0.15) is 0 Å². The highest BCUT2D eigenvalue weighted by Gasteiger charge is 2.46. The highest BCUT2D eigenvalue weighted by atomic mass is 19.3. The minimum atomic E-state index is -2.46. The van der Waals surface area contributed by atoms with E-state index in [0.29, 0.717) is 6.54 Å². The fourth-order valence-electron chi connectivity index (χ4n) is 2.26. The molecular formula is C8H14F2N2. The molecule has 0 aromatic heterocycles. The summed E-state index contributed by atoms with van der Waals surface area (Å²) in [5.41, 5.74) is 5.69. The number of hydrogen-bond acceptors (Lipinski definition) is 2. The molecule has 0 spiro atoms. The Bertz CT molecular complexity index is 184. The van der Waals surface area contributed by atoms with Crippen LogP contribution >= 0.6 is 0 Å². The fraction of sp³-hybridized carbons (Fsp3) is 1.00. The molecule has 2 unspecified atom stereocenters. The van der Waals surface area contributed by atoms with Crippen LogP contribution in [-0.4, -0.2) is 36.0 Å². The molecule has 0 amide bonds. The quantitative estimate of drug-likeness (QED) is 0.592. The number of halogens is 2. The van der Waals surface area contributed by atoms with E-state index in [1.165, 1.54) is 0 Å². The van der Waals surface area contributed by atoms with Gasteiger partial charge in [-0.15, -0.1) is 0 Å². The zero-order valence-corrected chi connectivity index (χ0v) is 6.97. The third kappa shape index (κ3) is 1.45. The first-order chi connectivity index (χ1) is 5.57. The summed E-state index contributed by atoms with van der Waals surface area (Å²) in [4.78, 5) is 1.84. The highest BCUT2D eigenvalue weighted by Crippen LogP contribution is 2.36. The summed E-state index contributed by atoms with van der Waals surface area (Å²) in [6.45, 7) is 0.575. The van der Waals surface area contributed by atoms with Crippen molar-refractivity contribution in [3.05, 3.63) is 0 Å². The van der Waals surface area contributed by atoms with Gasteiger partial charge in [-0.3, -0.25) is 4.90 Å². The van der Waals surface area contributed by atoms with E-state index in [4.69, 9.17) is 5.73 Å². The Morgan fingerprint density at radius 2 is 2.08 bits per heavy atom. The molecule has 2 rings (SSSR count). The second-order valence-electron chi connectivity index (χ2n) is 3.98. The van der Waals surface area contributed by atoms with Gasteiger partial charge in [-0.05, 0) is 12.8 Å². The van der Waals surface area contributed by atoms with Crippen LogP contribution in [0.1, 0.15) is 19.3 Å². The number of nitrogens with two attached hydrogens (primary N) is 1. The second kappa shape index (κ2) is 2.64. The molecule has 2 heterocycles. The van der Waals surface area contributed by atoms with Gasteiger partial charge in [-0.1, -0.05) is 0 Å². The van der Waals surface area contributed by atoms with Crippen molar-refractivity contribution in [3.63, 3.8) is 0 Å². The van der Waals surface area contributed by atoms with Crippen LogP contribution in [0.4, 0.5) is 8.78 Å². The lowest BCUT2D eigenvalue weighted by Crippen LogP contribution is -2.45. The molecule has 2 atom stereocenters. The molecule has 0 bridgehead atoms. The molecule has 0 aromatic rings. The minimum absolute atomic E-state index is 0.0414. The van der Waals surface area contributed by atoms with E-state index in [-0.39, 0.29) is 25.0 Å². The molecule has 0 aliphatic carbocycles. The number of nitrogens with zero attached hydrogens (tertiary/aromatic N) is 1. The van der Waals surface area contributed by atoms with Crippen LogP contribution in [0.25, 0.3) is 0 Å². The molecule has 0 saturated carbocycles. The van der Waals surface area contributed by atoms with E-state index in [0.717, 1.165) is 12.8 Å². The largest absolute Gasteiger partial charge is 0.327 e. The lowest BCUT2D eigenvalue weighted by molar-refractivity contribution is 0.0119. The summed E-state index contributed by atoms with van der Waals surface area (Å²) in [5, 5.41) is 0. The number of alkyl halides is 2. The third-order valence-electron chi connectivity index (χ3n) is 2.82. The maximum absolute atomic E-state index is 12.9. The second-order valence-corrected chi connectivity index (χ2v) is 3.98. The van der Waals surface area contributed by atoms with Gasteiger partial charge in [0.1, 0.15) is 0 Å². The first kappa shape index (κ1) is 8.38. The van der Waals surface area contributed by atoms with Crippen LogP contribution in [0.3, 0.4) is 0 Å². The van der Waals surface area contributed by atoms with Gasteiger partial charge in [-0.25, -0.2) is 8.78 Å². The molecule has 0 aromatic carbocycles. The molecule has 2 nitrogen and oxygen atoms in total. The van der Waals surface area contributed by atoms with Crippen molar-refractivity contribution in [2.75, 3.05) is 13.1 Å². The summed E-state index contributed by atoms with van der Waals surface area (Å²) in [5.74, 6) is -2.46. The lowest BCUT2D eigenvalue weighted by Gasteiger charge is -2.32. The van der Waals surface area contributed by atoms with E-state index in [1.54, 1.807) is 0 Å². The molecule has 12 heavy (non-hydrogen) atoms. The fourth-order valence-corrected chi connectivity index (χ4v) is 2.26. The Morgan fingerprint density at radius 1 is 1.33 bits per heavy atom. The molecule has 2 saturated heterocycles. The van der Waals surface area contributed by atoms with Crippen molar-refractivity contribution in [2.24, 2.45) is 5.73 Å². The third-order valence-corrected chi connectivity index (χ3v) is 2.82. The lowest BCUT2D eigenvalue weighted by atomic mass is 9.99. The van der Waals surface area contributed by atoms with Gasteiger partial charge in [0.15, 0.2) is 0 Å². The maximum Gasteiger partial charge on any atom is 0.262 e. The Hall–Kier alpha value is -0.220. The van der Waals surface area contributed by atoms with Crippen LogP contribution in [0.5, 0.6) is 0 Å². The van der Waals surface area contributed by atoms with E-state index >= 15 is 0 Å². The van der Waals surface area contributed by atoms with Gasteiger partial charge in [0.25, 0.3) is 5.92 Å². The molecule has 2 aliphatic rings. The summed E-state index contributed by atoms with van der Waals surface area (Å²) in [6.07, 6.45) is 1.79. The average Bonchev–Trinajstić information content (AvgIpc) is 2.21. The minimum Gasteiger partial charge on any atom is -0.327 e. The monoisotopic (exact) mass is 176 g/mol. The van der Waals surface area contributed by atoms with E-state index < -0.39 is 5.92 Å². The highest BCUT2D eigenvalue weighted by molar-refractivity contribution is 4.95. The Kier molecular flexibility index (Phi) is 1.84. The molecule has 70 valence electrons. The Labute approximate surface area is 70.7 Å². The van der Waals surface area contributed by atoms with Crippen LogP contribution < -0.4 is 5.73 Å². The van der Waals surface area contributed by atoms with Crippen molar-refractivity contribution < 1.29 is 8.78 Å². The van der Waals surface area contributed by atoms with E-state index in [1.807, 2.05) is 4.90 Å². The van der Waals surface area contributed by atoms with Crippen molar-refractivity contribution in [1.29, 1.82) is 0 Å². The summed E-state index contributed by atoms with van der Waals surface area (Å²) < 4.78 is 25.8. The molecule has 0 radical (unpaired) electrons. The van der Waals surface area contributed by atoms with Gasteiger partial charge < -0.3 is 5.73 Å². The molecule has 2 fully saturated rings.